The van der Waals surface area contributed by atoms with Gasteiger partial charge in [-0.15, -0.1) is 0 Å². The van der Waals surface area contributed by atoms with Crippen LogP contribution in [-0.2, 0) is 17.5 Å². The molecule has 0 aliphatic carbocycles. The van der Waals surface area contributed by atoms with Crippen molar-refractivity contribution in [3.63, 3.8) is 0 Å². The van der Waals surface area contributed by atoms with Crippen molar-refractivity contribution in [2.75, 3.05) is 44.7 Å². The average Bonchev–Trinajstić information content (AvgIpc) is 2.80. The molecule has 1 aromatic heterocycles. The maximum atomic E-state index is 12.8. The van der Waals surface area contributed by atoms with E-state index in [9.17, 15) is 14.7 Å². The number of hydrogen-bond acceptors (Lipinski definition) is 9. The highest BCUT2D eigenvalue weighted by atomic mass is 35.5. The first kappa shape index (κ1) is 24.9. The number of nitrogens with one attached hydrogen (secondary N) is 2. The highest BCUT2D eigenvalue weighted by Crippen LogP contribution is 2.40. The summed E-state index contributed by atoms with van der Waals surface area (Å²) in [5.74, 6) is 1.22. The van der Waals surface area contributed by atoms with Gasteiger partial charge in [0.25, 0.3) is 5.69 Å². The number of non-ortho nitro benzene ring substituents is 1. The van der Waals surface area contributed by atoms with Crippen LogP contribution in [0.1, 0.15) is 11.1 Å². The average molecular weight is 517 g/mol. The number of aromatic nitrogens is 2. The van der Waals surface area contributed by atoms with Crippen LogP contribution in [0.15, 0.2) is 36.5 Å². The Bertz CT molecular complexity index is 1350. The van der Waals surface area contributed by atoms with Crippen LogP contribution in [0.4, 0.5) is 28.8 Å². The summed E-state index contributed by atoms with van der Waals surface area (Å²) in [6, 6.07) is 8.22. The number of halogens is 1. The molecule has 2 heterocycles. The number of likely N-dealkylation sites (N-methyl/N-ethyl adjacent to an activating group) is 1. The fraction of sp³-hybridized carbons (Fsp3) is 0.304. The molecule has 0 atom stereocenters. The minimum atomic E-state index is -2.86. The van der Waals surface area contributed by atoms with Crippen molar-refractivity contribution in [3.05, 3.63) is 62.8 Å². The van der Waals surface area contributed by atoms with Gasteiger partial charge >= 0.3 is 0 Å². The van der Waals surface area contributed by atoms with E-state index in [0.717, 1.165) is 25.2 Å². The molecule has 1 aliphatic heterocycles. The highest BCUT2D eigenvalue weighted by Gasteiger charge is 2.22. The second-order valence-electron chi connectivity index (χ2n) is 8.76. The number of benzene rings is 2. The summed E-state index contributed by atoms with van der Waals surface area (Å²) >= 11 is 6.34. The van der Waals surface area contributed by atoms with E-state index in [1.165, 1.54) is 35.5 Å². The van der Waals surface area contributed by atoms with Crippen molar-refractivity contribution in [2.45, 2.75) is 13.0 Å². The fourth-order valence-corrected chi connectivity index (χ4v) is 5.23. The maximum Gasteiger partial charge on any atom is 0.270 e. The van der Waals surface area contributed by atoms with Gasteiger partial charge in [0, 0.05) is 30.5 Å². The van der Waals surface area contributed by atoms with Crippen molar-refractivity contribution in [2.24, 2.45) is 0 Å². The molecular weight excluding hydrogens is 491 g/mol. The molecule has 2 aromatic carbocycles. The smallest absolute Gasteiger partial charge is 0.270 e. The molecule has 10 nitrogen and oxygen atoms in total. The van der Waals surface area contributed by atoms with Gasteiger partial charge in [-0.2, -0.15) is 4.98 Å². The van der Waals surface area contributed by atoms with Gasteiger partial charge in [-0.3, -0.25) is 10.1 Å². The lowest BCUT2D eigenvalue weighted by atomic mass is 9.99. The number of nitrogens with zero attached hydrogens (tertiary/aromatic N) is 4. The maximum absolute atomic E-state index is 12.8. The molecule has 0 spiro atoms. The third kappa shape index (κ3) is 5.56. The Balaban J connectivity index is 1.67. The molecule has 2 N–H and O–H groups in total. The van der Waals surface area contributed by atoms with Gasteiger partial charge in [0.2, 0.25) is 5.95 Å². The van der Waals surface area contributed by atoms with E-state index in [0.29, 0.717) is 16.7 Å². The van der Waals surface area contributed by atoms with Crippen molar-refractivity contribution in [1.29, 1.82) is 0 Å². The molecule has 0 amide bonds. The van der Waals surface area contributed by atoms with Crippen molar-refractivity contribution >= 4 is 52.9 Å². The zero-order valence-corrected chi connectivity index (χ0v) is 21.5. The minimum Gasteiger partial charge on any atom is -0.495 e. The van der Waals surface area contributed by atoms with Crippen LogP contribution in [0.2, 0.25) is 5.02 Å². The number of nitro groups is 1. The lowest BCUT2D eigenvalue weighted by Gasteiger charge is -2.26. The molecule has 184 valence electrons. The van der Waals surface area contributed by atoms with Crippen LogP contribution >= 0.6 is 18.7 Å². The molecular formula is C23H26ClN6O4P. The molecule has 0 fully saturated rings. The van der Waals surface area contributed by atoms with E-state index in [4.69, 9.17) is 16.3 Å². The molecule has 0 bridgehead atoms. The number of ether oxygens (including phenoxy) is 1. The van der Waals surface area contributed by atoms with E-state index in [1.54, 1.807) is 20.4 Å². The first-order chi connectivity index (χ1) is 16.5. The van der Waals surface area contributed by atoms with Gasteiger partial charge < -0.3 is 24.8 Å². The standard InChI is InChI=1S/C23H26ClN6O4P/c1-29-8-7-14-10-20(34-2)19(9-15(14)13-29)27-23-25-12-17(24)22(28-23)26-18-6-5-16(30(31)32)11-21(18)35(3,4)33/h5-6,9-12H,7-8,13H2,1-4H3,(H2,25,26,27,28). The summed E-state index contributed by atoms with van der Waals surface area (Å²) in [6.45, 7) is 4.92. The lowest BCUT2D eigenvalue weighted by molar-refractivity contribution is -0.384. The summed E-state index contributed by atoms with van der Waals surface area (Å²) in [5, 5.41) is 18.1. The van der Waals surface area contributed by atoms with Crippen LogP contribution in [0.25, 0.3) is 0 Å². The topological polar surface area (TPSA) is 123 Å². The van der Waals surface area contributed by atoms with Crippen LogP contribution in [-0.4, -0.2) is 53.8 Å². The third-order valence-corrected chi connectivity index (χ3v) is 7.55. The SMILES string of the molecule is COc1cc2c(cc1Nc1ncc(Cl)c(Nc3ccc([N+](=O)[O-])cc3P(C)(C)=O)n1)CN(C)CC2. The molecule has 35 heavy (non-hydrogen) atoms. The zero-order chi connectivity index (χ0) is 25.3. The number of methoxy groups -OCH3 is 1. The van der Waals surface area contributed by atoms with E-state index >= 15 is 0 Å². The Morgan fingerprint density at radius 3 is 2.63 bits per heavy atom. The second kappa shape index (κ2) is 9.81. The number of hydrogen-bond donors (Lipinski definition) is 2. The highest BCUT2D eigenvalue weighted by molar-refractivity contribution is 7.70. The quantitative estimate of drug-likeness (QED) is 0.259. The number of anilines is 4. The normalized spacial score (nSPS) is 13.7. The van der Waals surface area contributed by atoms with E-state index < -0.39 is 12.1 Å². The molecule has 0 radical (unpaired) electrons. The van der Waals surface area contributed by atoms with Gasteiger partial charge in [0.05, 0.1) is 29.6 Å². The fourth-order valence-electron chi connectivity index (χ4n) is 3.94. The van der Waals surface area contributed by atoms with Gasteiger partial charge in [-0.1, -0.05) is 11.6 Å². The van der Waals surface area contributed by atoms with Gasteiger partial charge in [-0.05, 0) is 56.1 Å². The third-order valence-electron chi connectivity index (χ3n) is 5.74. The Morgan fingerprint density at radius 1 is 1.17 bits per heavy atom. The summed E-state index contributed by atoms with van der Waals surface area (Å²) in [6.07, 6.45) is 2.39. The van der Waals surface area contributed by atoms with E-state index in [1.807, 2.05) is 12.1 Å². The second-order valence-corrected chi connectivity index (χ2v) is 12.3. The van der Waals surface area contributed by atoms with Crippen molar-refractivity contribution < 1.29 is 14.2 Å². The first-order valence-electron chi connectivity index (χ1n) is 10.8. The van der Waals surface area contributed by atoms with Gasteiger partial charge in [0.15, 0.2) is 5.82 Å². The van der Waals surface area contributed by atoms with Crippen LogP contribution in [0, 0.1) is 10.1 Å². The summed E-state index contributed by atoms with van der Waals surface area (Å²) in [5.41, 5.74) is 3.45. The lowest BCUT2D eigenvalue weighted by Crippen LogP contribution is -2.26. The Kier molecular flexibility index (Phi) is 6.98. The Hall–Kier alpha value is -3.20. The zero-order valence-electron chi connectivity index (χ0n) is 19.8. The van der Waals surface area contributed by atoms with E-state index in [-0.39, 0.29) is 22.5 Å². The van der Waals surface area contributed by atoms with Gasteiger partial charge in [-0.25, -0.2) is 4.98 Å². The molecule has 0 saturated heterocycles. The van der Waals surface area contributed by atoms with Crippen LogP contribution in [0.3, 0.4) is 0 Å². The summed E-state index contributed by atoms with van der Waals surface area (Å²) in [7, 11) is 0.837. The van der Waals surface area contributed by atoms with Crippen molar-refractivity contribution in [3.8, 4) is 5.75 Å². The van der Waals surface area contributed by atoms with Crippen LogP contribution < -0.4 is 20.7 Å². The number of nitro benzene ring substituents is 1. The summed E-state index contributed by atoms with van der Waals surface area (Å²) < 4.78 is 18.4. The molecule has 12 heteroatoms. The minimum absolute atomic E-state index is 0.143. The number of fused-ring (bicyclic) bond motifs is 1. The molecule has 3 aromatic rings. The predicted molar refractivity (Wildman–Crippen MR) is 139 cm³/mol. The monoisotopic (exact) mass is 516 g/mol. The molecule has 0 saturated carbocycles. The predicted octanol–water partition coefficient (Wildman–Crippen LogP) is 4.77. The Labute approximate surface area is 208 Å². The summed E-state index contributed by atoms with van der Waals surface area (Å²) in [4.78, 5) is 21.7. The number of rotatable bonds is 7. The van der Waals surface area contributed by atoms with Crippen molar-refractivity contribution in [1.82, 2.24) is 14.9 Å². The molecule has 1 aliphatic rings. The largest absolute Gasteiger partial charge is 0.495 e. The molecule has 0 unspecified atom stereocenters. The van der Waals surface area contributed by atoms with Gasteiger partial charge in [0.1, 0.15) is 17.9 Å². The molecule has 4 rings (SSSR count). The Morgan fingerprint density at radius 2 is 1.94 bits per heavy atom. The van der Waals surface area contributed by atoms with Crippen LogP contribution in [0.5, 0.6) is 5.75 Å². The van der Waals surface area contributed by atoms with E-state index in [2.05, 4.69) is 32.5 Å². The first-order valence-corrected chi connectivity index (χ1v) is 13.8.